The third-order valence-electron chi connectivity index (χ3n) is 3.27. The van der Waals surface area contributed by atoms with E-state index < -0.39 is 11.2 Å². The van der Waals surface area contributed by atoms with E-state index in [0.717, 1.165) is 6.07 Å². The lowest BCUT2D eigenvalue weighted by Crippen LogP contribution is -2.18. The van der Waals surface area contributed by atoms with Crippen molar-refractivity contribution in [2.24, 2.45) is 7.05 Å². The third kappa shape index (κ3) is 1.58. The van der Waals surface area contributed by atoms with Gasteiger partial charge in [0.2, 0.25) is 0 Å². The molecule has 0 saturated heterocycles. The van der Waals surface area contributed by atoms with E-state index in [1.54, 1.807) is 25.2 Å². The Hall–Kier alpha value is -2.76. The second kappa shape index (κ2) is 4.12. The molecule has 2 heterocycles. The quantitative estimate of drug-likeness (QED) is 0.677. The van der Waals surface area contributed by atoms with Crippen LogP contribution in [0.1, 0.15) is 0 Å². The molecule has 0 unspecified atom stereocenters. The first-order valence-corrected chi connectivity index (χ1v) is 5.86. The summed E-state index contributed by atoms with van der Waals surface area (Å²) < 4.78 is 11.6. The molecule has 0 bridgehead atoms. The predicted octanol–water partition coefficient (Wildman–Crippen LogP) is 1.36. The Morgan fingerprint density at radius 2 is 2.00 bits per heavy atom. The second-order valence-electron chi connectivity index (χ2n) is 4.40. The lowest BCUT2D eigenvalue weighted by atomic mass is 10.1. The predicted molar refractivity (Wildman–Crippen MR) is 73.4 cm³/mol. The summed E-state index contributed by atoms with van der Waals surface area (Å²) in [7, 11) is 3.10. The molecule has 0 spiro atoms. The van der Waals surface area contributed by atoms with Crippen LogP contribution in [-0.2, 0) is 7.05 Å². The molecule has 0 amide bonds. The van der Waals surface area contributed by atoms with Crippen molar-refractivity contribution < 1.29 is 14.3 Å². The minimum Gasteiger partial charge on any atom is -0.507 e. The van der Waals surface area contributed by atoms with Crippen molar-refractivity contribution in [2.75, 3.05) is 7.11 Å². The lowest BCUT2D eigenvalue weighted by molar-refractivity contribution is 0.415. The maximum absolute atomic E-state index is 12.3. The average Bonchev–Trinajstić information content (AvgIpc) is 2.43. The van der Waals surface area contributed by atoms with Crippen LogP contribution >= 0.6 is 0 Å². The van der Waals surface area contributed by atoms with Gasteiger partial charge in [-0.1, -0.05) is 0 Å². The van der Waals surface area contributed by atoms with E-state index in [4.69, 9.17) is 9.15 Å². The van der Waals surface area contributed by atoms with Crippen LogP contribution in [0.4, 0.5) is 0 Å². The van der Waals surface area contributed by atoms with E-state index in [1.165, 1.54) is 11.7 Å². The molecule has 1 N–H and O–H groups in total. The van der Waals surface area contributed by atoms with Gasteiger partial charge in [-0.3, -0.25) is 4.79 Å². The molecule has 0 aliphatic rings. The molecule has 20 heavy (non-hydrogen) atoms. The number of hydrogen-bond donors (Lipinski definition) is 1. The molecule has 6 nitrogen and oxygen atoms in total. The molecule has 0 saturated carbocycles. The fourth-order valence-electron chi connectivity index (χ4n) is 2.26. The van der Waals surface area contributed by atoms with Crippen molar-refractivity contribution in [2.45, 2.75) is 0 Å². The number of rotatable bonds is 1. The summed E-state index contributed by atoms with van der Waals surface area (Å²) >= 11 is 0. The van der Waals surface area contributed by atoms with Gasteiger partial charge in [0.1, 0.15) is 16.9 Å². The summed E-state index contributed by atoms with van der Waals surface area (Å²) in [5.74, 6) is 0.198. The Bertz CT molecular complexity index is 952. The topological polar surface area (TPSA) is 81.7 Å². The summed E-state index contributed by atoms with van der Waals surface area (Å²) in [5.41, 5.74) is -0.520. The second-order valence-corrected chi connectivity index (χ2v) is 4.40. The molecule has 3 rings (SSSR count). The number of pyridine rings is 1. The zero-order valence-electron chi connectivity index (χ0n) is 10.8. The molecule has 0 aliphatic heterocycles. The maximum atomic E-state index is 12.3. The molecule has 1 aromatic carbocycles. The van der Waals surface area contributed by atoms with E-state index in [-0.39, 0.29) is 16.7 Å². The van der Waals surface area contributed by atoms with Crippen LogP contribution in [0.3, 0.4) is 0 Å². The Balaban J connectivity index is 2.66. The Labute approximate surface area is 112 Å². The van der Waals surface area contributed by atoms with Crippen molar-refractivity contribution in [3.05, 3.63) is 45.0 Å². The van der Waals surface area contributed by atoms with E-state index in [1.807, 2.05) is 0 Å². The fraction of sp³-hybridized carbons (Fsp3) is 0.143. The number of fused-ring (bicyclic) bond motifs is 3. The minimum atomic E-state index is -0.708. The van der Waals surface area contributed by atoms with Crippen molar-refractivity contribution in [1.82, 2.24) is 4.57 Å². The molecule has 0 atom stereocenters. The van der Waals surface area contributed by atoms with Gasteiger partial charge in [-0.25, -0.2) is 4.79 Å². The van der Waals surface area contributed by atoms with Gasteiger partial charge in [-0.2, -0.15) is 0 Å². The average molecular weight is 273 g/mol. The van der Waals surface area contributed by atoms with Crippen LogP contribution in [0.25, 0.3) is 21.9 Å². The van der Waals surface area contributed by atoms with E-state index in [9.17, 15) is 14.7 Å². The number of ether oxygens (including phenoxy) is 1. The summed E-state index contributed by atoms with van der Waals surface area (Å²) in [4.78, 5) is 23.7. The van der Waals surface area contributed by atoms with E-state index in [2.05, 4.69) is 0 Å². The smallest absolute Gasteiger partial charge is 0.339 e. The monoisotopic (exact) mass is 273 g/mol. The highest BCUT2D eigenvalue weighted by Crippen LogP contribution is 2.28. The molecule has 0 fully saturated rings. The van der Waals surface area contributed by atoms with Gasteiger partial charge in [-0.15, -0.1) is 0 Å². The molecule has 6 heteroatoms. The van der Waals surface area contributed by atoms with E-state index >= 15 is 0 Å². The largest absolute Gasteiger partial charge is 0.507 e. The maximum Gasteiger partial charge on any atom is 0.339 e. The normalized spacial score (nSPS) is 11.1. The highest BCUT2D eigenvalue weighted by molar-refractivity contribution is 6.04. The molecule has 0 radical (unpaired) electrons. The standard InChI is InChI=1S/C14H11NO5/c1-15-9-5-7(19-2)3-4-8(9)13-12(14(15)18)10(16)6-11(17)20-13/h3-6,16H,1-2H3. The van der Waals surface area contributed by atoms with Crippen LogP contribution < -0.4 is 15.9 Å². The number of hydrogen-bond acceptors (Lipinski definition) is 5. The Kier molecular flexibility index (Phi) is 2.53. The van der Waals surface area contributed by atoms with Crippen LogP contribution in [0.2, 0.25) is 0 Å². The first-order valence-electron chi connectivity index (χ1n) is 5.86. The number of aryl methyl sites for hydroxylation is 1. The number of aromatic nitrogens is 1. The summed E-state index contributed by atoms with van der Waals surface area (Å²) in [6, 6.07) is 5.92. The number of benzene rings is 1. The molecule has 2 aromatic heterocycles. The zero-order chi connectivity index (χ0) is 14.4. The van der Waals surface area contributed by atoms with Gasteiger partial charge < -0.3 is 18.8 Å². The Morgan fingerprint density at radius 1 is 1.25 bits per heavy atom. The van der Waals surface area contributed by atoms with Gasteiger partial charge in [-0.05, 0) is 12.1 Å². The van der Waals surface area contributed by atoms with Crippen LogP contribution in [-0.4, -0.2) is 16.8 Å². The highest BCUT2D eigenvalue weighted by Gasteiger charge is 2.15. The molecule has 0 aliphatic carbocycles. The van der Waals surface area contributed by atoms with Gasteiger partial charge in [0.25, 0.3) is 5.56 Å². The third-order valence-corrected chi connectivity index (χ3v) is 3.27. The van der Waals surface area contributed by atoms with Gasteiger partial charge >= 0.3 is 5.63 Å². The molecular formula is C14H11NO5. The minimum absolute atomic E-state index is 0.00948. The molecule has 102 valence electrons. The van der Waals surface area contributed by atoms with Crippen LogP contribution in [0.15, 0.2) is 38.3 Å². The van der Waals surface area contributed by atoms with Gasteiger partial charge in [0.15, 0.2) is 5.58 Å². The molecule has 3 aromatic rings. The first-order chi connectivity index (χ1) is 9.52. The Morgan fingerprint density at radius 3 is 2.70 bits per heavy atom. The fourth-order valence-corrected chi connectivity index (χ4v) is 2.26. The SMILES string of the molecule is COc1ccc2c3oc(=O)cc(O)c3c(=O)n(C)c2c1. The van der Waals surface area contributed by atoms with Crippen molar-refractivity contribution in [3.63, 3.8) is 0 Å². The number of aromatic hydroxyl groups is 1. The summed E-state index contributed by atoms with van der Waals surface area (Å²) in [6.45, 7) is 0. The first kappa shape index (κ1) is 12.3. The van der Waals surface area contributed by atoms with Crippen molar-refractivity contribution >= 4 is 21.9 Å². The summed E-state index contributed by atoms with van der Waals surface area (Å²) in [5, 5.41) is 10.4. The zero-order valence-corrected chi connectivity index (χ0v) is 10.8. The van der Waals surface area contributed by atoms with Crippen molar-refractivity contribution in [3.8, 4) is 11.5 Å². The van der Waals surface area contributed by atoms with Gasteiger partial charge in [0.05, 0.1) is 18.7 Å². The van der Waals surface area contributed by atoms with E-state index in [0.29, 0.717) is 16.7 Å². The summed E-state index contributed by atoms with van der Waals surface area (Å²) in [6.07, 6.45) is 0. The molecular weight excluding hydrogens is 262 g/mol. The van der Waals surface area contributed by atoms with Crippen LogP contribution in [0, 0.1) is 0 Å². The van der Waals surface area contributed by atoms with Crippen LogP contribution in [0.5, 0.6) is 11.5 Å². The lowest BCUT2D eigenvalue weighted by Gasteiger charge is -2.09. The number of nitrogens with zero attached hydrogens (tertiary/aromatic N) is 1. The van der Waals surface area contributed by atoms with Crippen molar-refractivity contribution in [1.29, 1.82) is 0 Å². The number of methoxy groups -OCH3 is 1. The van der Waals surface area contributed by atoms with Gasteiger partial charge in [0, 0.05) is 18.5 Å². The highest BCUT2D eigenvalue weighted by atomic mass is 16.5.